The number of benzene rings is 2. The molecule has 0 unspecified atom stereocenters. The van der Waals surface area contributed by atoms with Gasteiger partial charge in [-0.05, 0) is 69.4 Å². The summed E-state index contributed by atoms with van der Waals surface area (Å²) in [4.78, 5) is 15.9. The first-order valence-corrected chi connectivity index (χ1v) is 13.7. The van der Waals surface area contributed by atoms with E-state index < -0.39 is 6.10 Å². The predicted molar refractivity (Wildman–Crippen MR) is 151 cm³/mol. The van der Waals surface area contributed by atoms with E-state index in [1.165, 1.54) is 12.4 Å². The van der Waals surface area contributed by atoms with Crippen molar-refractivity contribution >= 4 is 45.5 Å². The largest absolute Gasteiger partial charge is 0.486 e. The number of rotatable bonds is 6. The fourth-order valence-corrected chi connectivity index (χ4v) is 6.20. The van der Waals surface area contributed by atoms with Gasteiger partial charge in [-0.15, -0.1) is 0 Å². The molecule has 0 saturated carbocycles. The van der Waals surface area contributed by atoms with E-state index in [0.29, 0.717) is 39.2 Å². The van der Waals surface area contributed by atoms with E-state index in [4.69, 9.17) is 37.8 Å². The van der Waals surface area contributed by atoms with Gasteiger partial charge >= 0.3 is 0 Å². The molecule has 1 saturated heterocycles. The highest BCUT2D eigenvalue weighted by molar-refractivity contribution is 6.35. The highest BCUT2D eigenvalue weighted by atomic mass is 35.5. The molecule has 1 N–H and O–H groups in total. The maximum Gasteiger partial charge on any atom is 0.280 e. The molecule has 9 nitrogen and oxygen atoms in total. The van der Waals surface area contributed by atoms with Gasteiger partial charge in [0.05, 0.1) is 26.0 Å². The Morgan fingerprint density at radius 3 is 2.72 bits per heavy atom. The molecule has 0 radical (unpaired) electrons. The molecule has 0 aliphatic carbocycles. The van der Waals surface area contributed by atoms with Crippen molar-refractivity contribution in [3.05, 3.63) is 74.0 Å². The Morgan fingerprint density at radius 2 is 2.00 bits per heavy atom. The van der Waals surface area contributed by atoms with Crippen molar-refractivity contribution in [3.8, 4) is 17.0 Å². The summed E-state index contributed by atoms with van der Waals surface area (Å²) >= 11 is 12.7. The Hall–Kier alpha value is -3.40. The third-order valence-corrected chi connectivity index (χ3v) is 7.92. The van der Waals surface area contributed by atoms with E-state index in [9.17, 15) is 10.1 Å². The van der Waals surface area contributed by atoms with Crippen molar-refractivity contribution in [3.63, 3.8) is 0 Å². The molecule has 0 amide bonds. The van der Waals surface area contributed by atoms with Crippen LogP contribution in [0.4, 0.5) is 11.4 Å². The van der Waals surface area contributed by atoms with Crippen LogP contribution in [-0.4, -0.2) is 32.3 Å². The number of hydrogen-bond donors (Lipinski definition) is 1. The minimum Gasteiger partial charge on any atom is -0.486 e. The number of anilines is 1. The van der Waals surface area contributed by atoms with Crippen molar-refractivity contribution in [1.82, 2.24) is 14.8 Å². The van der Waals surface area contributed by atoms with Crippen LogP contribution in [0, 0.1) is 10.1 Å². The Kier molecular flexibility index (Phi) is 6.82. The molecule has 4 aromatic rings. The van der Waals surface area contributed by atoms with Crippen LogP contribution < -0.4 is 10.1 Å². The van der Waals surface area contributed by atoms with Crippen LogP contribution in [0.15, 0.2) is 42.7 Å². The molecule has 4 heterocycles. The van der Waals surface area contributed by atoms with Crippen LogP contribution in [0.3, 0.4) is 0 Å². The van der Waals surface area contributed by atoms with Gasteiger partial charge in [0.2, 0.25) is 0 Å². The Morgan fingerprint density at radius 1 is 1.21 bits per heavy atom. The standard InChI is InChI=1S/C28H27Cl2N5O4/c1-15-9-17-10-19(25(35(36)37)12-23(17)32-15)28-20-11-18(39-16(2)27-21(29)13-31-14-22(27)30)6-7-24(20)34(33-28)26-5-3-4-8-38-26/h6-7,10-16,26,32H,3-5,8-9H2,1-2H3/t15-,16-,26-/m1/s1. The van der Waals surface area contributed by atoms with Gasteiger partial charge in [-0.25, -0.2) is 4.68 Å². The summed E-state index contributed by atoms with van der Waals surface area (Å²) in [6, 6.07) is 9.36. The summed E-state index contributed by atoms with van der Waals surface area (Å²) in [5.74, 6) is 0.559. The topological polar surface area (TPSA) is 104 Å². The van der Waals surface area contributed by atoms with Crippen molar-refractivity contribution in [2.24, 2.45) is 0 Å². The van der Waals surface area contributed by atoms with E-state index in [1.54, 1.807) is 6.07 Å². The molecule has 0 spiro atoms. The molecule has 2 aromatic heterocycles. The fourth-order valence-electron chi connectivity index (χ4n) is 5.52. The van der Waals surface area contributed by atoms with Gasteiger partial charge in [-0.1, -0.05) is 23.2 Å². The number of pyridine rings is 1. The summed E-state index contributed by atoms with van der Waals surface area (Å²) < 4.78 is 14.2. The average Bonchev–Trinajstić information content (AvgIpc) is 3.47. The molecule has 1 fully saturated rings. The Bertz CT molecular complexity index is 1560. The average molecular weight is 568 g/mol. The maximum atomic E-state index is 12.2. The Labute approximate surface area is 235 Å². The molecule has 2 aromatic carbocycles. The number of nitro groups is 1. The SMILES string of the molecule is C[C@@H]1Cc2cc(-c3nn([C@H]4CCCCO4)c4ccc(O[C@H](C)c5c(Cl)cncc5Cl)cc34)c([N+](=O)[O-])cc2N1. The molecule has 202 valence electrons. The van der Waals surface area contributed by atoms with E-state index >= 15 is 0 Å². The first-order valence-electron chi connectivity index (χ1n) is 13.0. The first-order chi connectivity index (χ1) is 18.8. The van der Waals surface area contributed by atoms with Gasteiger partial charge in [0.15, 0.2) is 6.23 Å². The van der Waals surface area contributed by atoms with Crippen LogP contribution in [0.5, 0.6) is 5.75 Å². The number of ether oxygens (including phenoxy) is 2. The summed E-state index contributed by atoms with van der Waals surface area (Å²) in [7, 11) is 0. The number of nitrogens with one attached hydrogen (secondary N) is 1. The van der Waals surface area contributed by atoms with E-state index in [0.717, 1.165) is 47.8 Å². The lowest BCUT2D eigenvalue weighted by Crippen LogP contribution is -2.19. The van der Waals surface area contributed by atoms with Crippen molar-refractivity contribution in [1.29, 1.82) is 0 Å². The van der Waals surface area contributed by atoms with Gasteiger partial charge in [0.1, 0.15) is 17.5 Å². The quantitative estimate of drug-likeness (QED) is 0.190. The lowest BCUT2D eigenvalue weighted by Gasteiger charge is -2.23. The van der Waals surface area contributed by atoms with E-state index in [2.05, 4.69) is 17.2 Å². The second-order valence-corrected chi connectivity index (χ2v) is 10.9. The van der Waals surface area contributed by atoms with Crippen LogP contribution >= 0.6 is 23.2 Å². The number of nitrogens with zero attached hydrogens (tertiary/aromatic N) is 4. The van der Waals surface area contributed by atoms with Gasteiger partial charge in [0, 0.05) is 47.7 Å². The highest BCUT2D eigenvalue weighted by Gasteiger charge is 2.29. The fraction of sp³-hybridized carbons (Fsp3) is 0.357. The van der Waals surface area contributed by atoms with Crippen molar-refractivity contribution in [2.45, 2.75) is 57.9 Å². The summed E-state index contributed by atoms with van der Waals surface area (Å²) in [5.41, 5.74) is 4.27. The molecule has 3 atom stereocenters. The number of fused-ring (bicyclic) bond motifs is 2. The van der Waals surface area contributed by atoms with Gasteiger partial charge in [0.25, 0.3) is 5.69 Å². The summed E-state index contributed by atoms with van der Waals surface area (Å²) in [6.07, 6.45) is 5.97. The smallest absolute Gasteiger partial charge is 0.280 e. The first kappa shape index (κ1) is 25.9. The molecular weight excluding hydrogens is 541 g/mol. The molecule has 6 rings (SSSR count). The number of halogens is 2. The van der Waals surface area contributed by atoms with Gasteiger partial charge in [-0.2, -0.15) is 5.10 Å². The zero-order valence-corrected chi connectivity index (χ0v) is 23.0. The normalized spacial score (nSPS) is 19.5. The number of hydrogen-bond acceptors (Lipinski definition) is 7. The van der Waals surface area contributed by atoms with Gasteiger partial charge in [-0.3, -0.25) is 15.1 Å². The maximum absolute atomic E-state index is 12.2. The van der Waals surface area contributed by atoms with E-state index in [1.807, 2.05) is 35.9 Å². The zero-order valence-electron chi connectivity index (χ0n) is 21.5. The third-order valence-electron chi connectivity index (χ3n) is 7.32. The minimum atomic E-state index is -0.465. The lowest BCUT2D eigenvalue weighted by atomic mass is 10.0. The van der Waals surface area contributed by atoms with Crippen LogP contribution in [0.25, 0.3) is 22.2 Å². The predicted octanol–water partition coefficient (Wildman–Crippen LogP) is 7.51. The van der Waals surface area contributed by atoms with E-state index in [-0.39, 0.29) is 22.9 Å². The molecule has 39 heavy (non-hydrogen) atoms. The Balaban J connectivity index is 1.49. The van der Waals surface area contributed by atoms with Crippen molar-refractivity contribution < 1.29 is 14.4 Å². The zero-order chi connectivity index (χ0) is 27.3. The molecule has 11 heteroatoms. The summed E-state index contributed by atoms with van der Waals surface area (Å²) in [5, 5.41) is 22.0. The monoisotopic (exact) mass is 567 g/mol. The molecular formula is C28H27Cl2N5O4. The van der Waals surface area contributed by atoms with Crippen LogP contribution in [-0.2, 0) is 11.2 Å². The second kappa shape index (κ2) is 10.3. The van der Waals surface area contributed by atoms with Crippen LogP contribution in [0.2, 0.25) is 10.0 Å². The van der Waals surface area contributed by atoms with Gasteiger partial charge < -0.3 is 14.8 Å². The molecule has 2 aliphatic heterocycles. The van der Waals surface area contributed by atoms with Crippen LogP contribution in [0.1, 0.15) is 56.6 Å². The molecule has 2 aliphatic rings. The second-order valence-electron chi connectivity index (χ2n) is 10.1. The number of aromatic nitrogens is 3. The minimum absolute atomic E-state index is 0.00139. The number of nitro benzene ring substituents is 1. The third kappa shape index (κ3) is 4.79. The highest BCUT2D eigenvalue weighted by Crippen LogP contribution is 2.42. The molecule has 0 bridgehead atoms. The summed E-state index contributed by atoms with van der Waals surface area (Å²) in [6.45, 7) is 4.56. The lowest BCUT2D eigenvalue weighted by molar-refractivity contribution is -0.384. The van der Waals surface area contributed by atoms with Crippen molar-refractivity contribution in [2.75, 3.05) is 11.9 Å².